The van der Waals surface area contributed by atoms with Crippen molar-refractivity contribution < 1.29 is 14.1 Å². The molecule has 0 atom stereocenters. The quantitative estimate of drug-likeness (QED) is 0.616. The first-order valence-corrected chi connectivity index (χ1v) is 10.4. The predicted octanol–water partition coefficient (Wildman–Crippen LogP) is 2.42. The Bertz CT molecular complexity index is 885. The molecule has 0 bridgehead atoms. The smallest absolute Gasteiger partial charge is 0.257 e. The fourth-order valence-electron chi connectivity index (χ4n) is 3.51. The Kier molecular flexibility index (Phi) is 5.75. The SMILES string of the molecule is O=C(CSc1nc2ccccc2o1)NCc1ccccc1C[NH+]1CCCC1. The zero-order valence-corrected chi connectivity index (χ0v) is 16.1. The molecule has 1 fully saturated rings. The molecule has 0 unspecified atom stereocenters. The van der Waals surface area contributed by atoms with Crippen LogP contribution in [0.1, 0.15) is 24.0 Å². The summed E-state index contributed by atoms with van der Waals surface area (Å²) in [5, 5.41) is 3.56. The zero-order valence-electron chi connectivity index (χ0n) is 15.2. The van der Waals surface area contributed by atoms with Gasteiger partial charge in [0, 0.05) is 24.9 Å². The van der Waals surface area contributed by atoms with Crippen LogP contribution in [0.4, 0.5) is 0 Å². The second-order valence-corrected chi connectivity index (χ2v) is 7.84. The molecule has 0 spiro atoms. The van der Waals surface area contributed by atoms with Crippen molar-refractivity contribution in [3.8, 4) is 0 Å². The number of thioether (sulfide) groups is 1. The van der Waals surface area contributed by atoms with Crippen molar-refractivity contribution in [3.05, 3.63) is 59.7 Å². The van der Waals surface area contributed by atoms with Gasteiger partial charge in [-0.25, -0.2) is 4.98 Å². The number of benzene rings is 2. The van der Waals surface area contributed by atoms with Crippen LogP contribution in [0.5, 0.6) is 0 Å². The maximum atomic E-state index is 12.3. The third-order valence-electron chi connectivity index (χ3n) is 4.95. The van der Waals surface area contributed by atoms with Crippen LogP contribution in [0.15, 0.2) is 58.2 Å². The van der Waals surface area contributed by atoms with Crippen molar-refractivity contribution >= 4 is 28.8 Å². The highest BCUT2D eigenvalue weighted by atomic mass is 32.2. The summed E-state index contributed by atoms with van der Waals surface area (Å²) in [6, 6.07) is 16.0. The van der Waals surface area contributed by atoms with Crippen molar-refractivity contribution in [3.63, 3.8) is 0 Å². The fourth-order valence-corrected chi connectivity index (χ4v) is 4.18. The van der Waals surface area contributed by atoms with Gasteiger partial charge in [-0.05, 0) is 17.7 Å². The van der Waals surface area contributed by atoms with E-state index < -0.39 is 0 Å². The summed E-state index contributed by atoms with van der Waals surface area (Å²) in [6.07, 6.45) is 2.64. The highest BCUT2D eigenvalue weighted by molar-refractivity contribution is 7.99. The summed E-state index contributed by atoms with van der Waals surface area (Å²) >= 11 is 1.33. The number of rotatable bonds is 7. The van der Waals surface area contributed by atoms with Gasteiger partial charge in [-0.1, -0.05) is 48.2 Å². The average molecular weight is 383 g/mol. The number of oxazole rings is 1. The molecule has 2 heterocycles. The Hall–Kier alpha value is -2.31. The maximum Gasteiger partial charge on any atom is 0.257 e. The van der Waals surface area contributed by atoms with Crippen molar-refractivity contribution in [2.45, 2.75) is 31.2 Å². The Labute approximate surface area is 163 Å². The van der Waals surface area contributed by atoms with Crippen LogP contribution in [-0.2, 0) is 17.9 Å². The van der Waals surface area contributed by atoms with Crippen LogP contribution < -0.4 is 10.2 Å². The van der Waals surface area contributed by atoms with Gasteiger partial charge in [0.15, 0.2) is 5.58 Å². The van der Waals surface area contributed by atoms with Gasteiger partial charge >= 0.3 is 0 Å². The molecule has 6 heteroatoms. The topological polar surface area (TPSA) is 59.6 Å². The maximum absolute atomic E-state index is 12.3. The second kappa shape index (κ2) is 8.59. The van der Waals surface area contributed by atoms with Gasteiger partial charge < -0.3 is 14.6 Å². The Morgan fingerprint density at radius 3 is 2.63 bits per heavy atom. The van der Waals surface area contributed by atoms with E-state index in [4.69, 9.17) is 4.42 Å². The normalized spacial score (nSPS) is 14.7. The second-order valence-electron chi connectivity index (χ2n) is 6.92. The molecule has 1 aromatic heterocycles. The number of hydrogen-bond acceptors (Lipinski definition) is 4. The minimum Gasteiger partial charge on any atom is -0.431 e. The van der Waals surface area contributed by atoms with Crippen LogP contribution in [-0.4, -0.2) is 29.7 Å². The molecule has 1 aliphatic heterocycles. The molecular formula is C21H24N3O2S+. The van der Waals surface area contributed by atoms with Crippen molar-refractivity contribution in [1.29, 1.82) is 0 Å². The molecule has 2 aromatic carbocycles. The van der Waals surface area contributed by atoms with Gasteiger partial charge in [-0.2, -0.15) is 0 Å². The van der Waals surface area contributed by atoms with E-state index in [1.54, 1.807) is 4.90 Å². The monoisotopic (exact) mass is 382 g/mol. The van der Waals surface area contributed by atoms with Gasteiger partial charge in [0.25, 0.3) is 5.22 Å². The first-order chi connectivity index (χ1) is 13.3. The summed E-state index contributed by atoms with van der Waals surface area (Å²) in [5.41, 5.74) is 4.11. The fraction of sp³-hybridized carbons (Fsp3) is 0.333. The summed E-state index contributed by atoms with van der Waals surface area (Å²) in [4.78, 5) is 18.3. The lowest BCUT2D eigenvalue weighted by Crippen LogP contribution is -3.08. The minimum atomic E-state index is -0.00872. The molecule has 0 radical (unpaired) electrons. The number of likely N-dealkylation sites (tertiary alicyclic amines) is 1. The molecule has 0 aliphatic carbocycles. The number of quaternary nitrogens is 1. The average Bonchev–Trinajstić information content (AvgIpc) is 3.34. The number of carbonyl (C=O) groups is 1. The number of aromatic nitrogens is 1. The number of nitrogens with zero attached hydrogens (tertiary/aromatic N) is 1. The Morgan fingerprint density at radius 1 is 1.07 bits per heavy atom. The molecule has 3 aromatic rings. The van der Waals surface area contributed by atoms with Crippen LogP contribution in [0.2, 0.25) is 0 Å². The standard InChI is InChI=1S/C21H23N3O2S/c25-20(15-27-21-23-18-9-3-4-10-19(18)26-21)22-13-16-7-1-2-8-17(16)14-24-11-5-6-12-24/h1-4,7-10H,5-6,11-15H2,(H,22,25)/p+1. The number of carbonyl (C=O) groups excluding carboxylic acids is 1. The van der Waals surface area contributed by atoms with Crippen LogP contribution in [0.25, 0.3) is 11.1 Å². The predicted molar refractivity (Wildman–Crippen MR) is 107 cm³/mol. The zero-order chi connectivity index (χ0) is 18.5. The summed E-state index contributed by atoms with van der Waals surface area (Å²) in [5.74, 6) is 0.289. The van der Waals surface area contributed by atoms with E-state index in [1.807, 2.05) is 30.3 Å². The third kappa shape index (κ3) is 4.70. The lowest BCUT2D eigenvalue weighted by molar-refractivity contribution is -0.901. The number of hydrogen-bond donors (Lipinski definition) is 2. The van der Waals surface area contributed by atoms with Crippen molar-refractivity contribution in [1.82, 2.24) is 10.3 Å². The third-order valence-corrected chi connectivity index (χ3v) is 5.77. The molecule has 5 nitrogen and oxygen atoms in total. The molecule has 1 aliphatic rings. The number of fused-ring (bicyclic) bond motifs is 1. The number of nitrogens with one attached hydrogen (secondary N) is 2. The number of amides is 1. The van der Waals surface area contributed by atoms with E-state index in [-0.39, 0.29) is 5.91 Å². The van der Waals surface area contributed by atoms with Crippen molar-refractivity contribution in [2.24, 2.45) is 0 Å². The highest BCUT2D eigenvalue weighted by Gasteiger charge is 2.17. The van der Waals surface area contributed by atoms with Crippen LogP contribution in [0.3, 0.4) is 0 Å². The molecule has 4 rings (SSSR count). The summed E-state index contributed by atoms with van der Waals surface area (Å²) in [7, 11) is 0. The van der Waals surface area contributed by atoms with E-state index >= 15 is 0 Å². The Morgan fingerprint density at radius 2 is 1.81 bits per heavy atom. The van der Waals surface area contributed by atoms with E-state index in [2.05, 4.69) is 28.5 Å². The molecule has 1 amide bonds. The molecular weight excluding hydrogens is 358 g/mol. The first kappa shape index (κ1) is 18.1. The molecule has 140 valence electrons. The highest BCUT2D eigenvalue weighted by Crippen LogP contribution is 2.22. The lowest BCUT2D eigenvalue weighted by atomic mass is 10.1. The van der Waals surface area contributed by atoms with Crippen molar-refractivity contribution in [2.75, 3.05) is 18.8 Å². The molecule has 1 saturated heterocycles. The molecule has 2 N–H and O–H groups in total. The van der Waals surface area contributed by atoms with Gasteiger partial charge in [-0.15, -0.1) is 0 Å². The van der Waals surface area contributed by atoms with Crippen LogP contribution in [0, 0.1) is 0 Å². The van der Waals surface area contributed by atoms with E-state index in [0.717, 1.165) is 17.6 Å². The van der Waals surface area contributed by atoms with Crippen LogP contribution >= 0.6 is 11.8 Å². The van der Waals surface area contributed by atoms with E-state index in [0.29, 0.717) is 17.5 Å². The minimum absolute atomic E-state index is 0.00872. The number of para-hydroxylation sites is 2. The van der Waals surface area contributed by atoms with E-state index in [9.17, 15) is 4.79 Å². The largest absolute Gasteiger partial charge is 0.431 e. The van der Waals surface area contributed by atoms with Gasteiger partial charge in [0.1, 0.15) is 12.1 Å². The van der Waals surface area contributed by atoms with Gasteiger partial charge in [-0.3, -0.25) is 4.79 Å². The molecule has 0 saturated carbocycles. The lowest BCUT2D eigenvalue weighted by Gasteiger charge is -2.15. The summed E-state index contributed by atoms with van der Waals surface area (Å²) in [6.45, 7) is 4.11. The summed E-state index contributed by atoms with van der Waals surface area (Å²) < 4.78 is 5.64. The first-order valence-electron chi connectivity index (χ1n) is 9.43. The van der Waals surface area contributed by atoms with Gasteiger partial charge in [0.05, 0.1) is 18.8 Å². The van der Waals surface area contributed by atoms with Gasteiger partial charge in [0.2, 0.25) is 5.91 Å². The van der Waals surface area contributed by atoms with E-state index in [1.165, 1.54) is 48.8 Å². The molecule has 27 heavy (non-hydrogen) atoms. The Balaban J connectivity index is 1.30.